The second-order valence-electron chi connectivity index (χ2n) is 3.83. The third-order valence-electron chi connectivity index (χ3n) is 2.19. The molecular formula is C13H17F2N. The van der Waals surface area contributed by atoms with Crippen LogP contribution in [0.3, 0.4) is 0 Å². The molecule has 0 aliphatic heterocycles. The molecule has 16 heavy (non-hydrogen) atoms. The van der Waals surface area contributed by atoms with Gasteiger partial charge in [-0.25, -0.2) is 8.78 Å². The predicted octanol–water partition coefficient (Wildman–Crippen LogP) is 3.37. The van der Waals surface area contributed by atoms with E-state index in [9.17, 15) is 8.78 Å². The number of nitrogens with one attached hydrogen (secondary N) is 1. The molecule has 0 bridgehead atoms. The number of benzene rings is 1. The molecule has 1 rings (SSSR count). The maximum Gasteiger partial charge on any atom is 0.130 e. The van der Waals surface area contributed by atoms with Gasteiger partial charge in [0.15, 0.2) is 0 Å². The summed E-state index contributed by atoms with van der Waals surface area (Å²) < 4.78 is 26.2. The van der Waals surface area contributed by atoms with Crippen LogP contribution in [0.5, 0.6) is 0 Å². The Morgan fingerprint density at radius 3 is 2.81 bits per heavy atom. The third kappa shape index (κ3) is 4.11. The van der Waals surface area contributed by atoms with Crippen molar-refractivity contribution in [2.24, 2.45) is 0 Å². The molecule has 1 aromatic rings. The van der Waals surface area contributed by atoms with Crippen LogP contribution in [0.25, 0.3) is 6.08 Å². The fraction of sp³-hybridized carbons (Fsp3) is 0.385. The van der Waals surface area contributed by atoms with Crippen molar-refractivity contribution in [1.29, 1.82) is 0 Å². The molecule has 1 N–H and O–H groups in total. The largest absolute Gasteiger partial charge is 0.313 e. The Morgan fingerprint density at radius 2 is 2.12 bits per heavy atom. The van der Waals surface area contributed by atoms with E-state index in [1.54, 1.807) is 6.08 Å². The van der Waals surface area contributed by atoms with E-state index < -0.39 is 11.6 Å². The Bertz CT molecular complexity index is 372. The summed E-state index contributed by atoms with van der Waals surface area (Å²) in [6.07, 6.45) is 2.72. The summed E-state index contributed by atoms with van der Waals surface area (Å²) in [6.45, 7) is 5.60. The van der Waals surface area contributed by atoms with Crippen LogP contribution in [0.15, 0.2) is 23.8 Å². The van der Waals surface area contributed by atoms with Crippen LogP contribution in [-0.2, 0) is 0 Å². The number of halogens is 2. The lowest BCUT2D eigenvalue weighted by Crippen LogP contribution is -2.16. The zero-order chi connectivity index (χ0) is 12.0. The smallest absolute Gasteiger partial charge is 0.130 e. The Morgan fingerprint density at radius 1 is 1.38 bits per heavy atom. The zero-order valence-corrected chi connectivity index (χ0v) is 9.69. The quantitative estimate of drug-likeness (QED) is 0.758. The third-order valence-corrected chi connectivity index (χ3v) is 2.19. The highest BCUT2D eigenvalue weighted by Crippen LogP contribution is 2.13. The fourth-order valence-corrected chi connectivity index (χ4v) is 1.40. The first kappa shape index (κ1) is 12.8. The molecule has 1 nitrogen and oxygen atoms in total. The van der Waals surface area contributed by atoms with Gasteiger partial charge in [0.05, 0.1) is 0 Å². The zero-order valence-electron chi connectivity index (χ0n) is 9.69. The van der Waals surface area contributed by atoms with Gasteiger partial charge >= 0.3 is 0 Å². The van der Waals surface area contributed by atoms with Crippen molar-refractivity contribution in [1.82, 2.24) is 5.32 Å². The molecule has 0 aliphatic carbocycles. The van der Waals surface area contributed by atoms with Crippen LogP contribution in [0.1, 0.15) is 25.8 Å². The van der Waals surface area contributed by atoms with E-state index in [-0.39, 0.29) is 0 Å². The highest BCUT2D eigenvalue weighted by molar-refractivity contribution is 5.53. The lowest BCUT2D eigenvalue weighted by Gasteiger charge is -2.04. The van der Waals surface area contributed by atoms with Crippen molar-refractivity contribution < 1.29 is 8.78 Å². The molecular weight excluding hydrogens is 208 g/mol. The maximum atomic E-state index is 13.3. The molecule has 3 heteroatoms. The maximum absolute atomic E-state index is 13.3. The molecule has 0 unspecified atom stereocenters. The van der Waals surface area contributed by atoms with Gasteiger partial charge in [-0.1, -0.05) is 18.6 Å². The first-order valence-corrected chi connectivity index (χ1v) is 5.46. The van der Waals surface area contributed by atoms with Gasteiger partial charge in [-0.3, -0.25) is 0 Å². The van der Waals surface area contributed by atoms with Crippen LogP contribution < -0.4 is 5.32 Å². The Balaban J connectivity index is 2.69. The number of hydrogen-bond acceptors (Lipinski definition) is 1. The Labute approximate surface area is 95.2 Å². The Kier molecular flexibility index (Phi) is 5.12. The van der Waals surface area contributed by atoms with Gasteiger partial charge in [-0.15, -0.1) is 0 Å². The molecule has 0 aliphatic rings. The summed E-state index contributed by atoms with van der Waals surface area (Å²) in [6, 6.07) is 3.48. The van der Waals surface area contributed by atoms with Crippen molar-refractivity contribution >= 4 is 6.08 Å². The molecule has 1 aromatic carbocycles. The topological polar surface area (TPSA) is 12.0 Å². The molecule has 0 spiro atoms. The average molecular weight is 225 g/mol. The molecule has 0 radical (unpaired) electrons. The molecule has 0 heterocycles. The van der Waals surface area contributed by atoms with E-state index in [0.29, 0.717) is 12.1 Å². The van der Waals surface area contributed by atoms with Gasteiger partial charge in [0.1, 0.15) is 11.6 Å². The van der Waals surface area contributed by atoms with E-state index >= 15 is 0 Å². The van der Waals surface area contributed by atoms with Crippen LogP contribution in [0.2, 0.25) is 0 Å². The van der Waals surface area contributed by atoms with E-state index in [1.807, 2.05) is 6.92 Å². The minimum absolute atomic E-state index is 0.302. The summed E-state index contributed by atoms with van der Waals surface area (Å²) in [5.74, 6) is -0.807. The normalized spacial score (nSPS) is 11.9. The van der Waals surface area contributed by atoms with Gasteiger partial charge in [-0.05, 0) is 38.1 Å². The minimum atomic E-state index is -0.415. The first-order valence-electron chi connectivity index (χ1n) is 5.46. The van der Waals surface area contributed by atoms with Crippen molar-refractivity contribution in [2.45, 2.75) is 20.3 Å². The van der Waals surface area contributed by atoms with Crippen LogP contribution in [-0.4, -0.2) is 13.1 Å². The fourth-order valence-electron chi connectivity index (χ4n) is 1.40. The van der Waals surface area contributed by atoms with Crippen LogP contribution in [0, 0.1) is 11.6 Å². The van der Waals surface area contributed by atoms with Crippen molar-refractivity contribution in [3.8, 4) is 0 Å². The molecule has 0 aromatic heterocycles. The summed E-state index contributed by atoms with van der Waals surface area (Å²) in [5.41, 5.74) is 1.29. The standard InChI is InChI=1S/C13H17F2N/c1-3-6-16-9-10(2)7-11-8-12(14)4-5-13(11)15/h4-5,7-8,16H,3,6,9H2,1-2H3. The molecule has 0 amide bonds. The summed E-state index contributed by atoms with van der Waals surface area (Å²) in [5, 5.41) is 3.20. The molecule has 0 atom stereocenters. The second kappa shape index (κ2) is 6.38. The van der Waals surface area contributed by atoms with E-state index in [2.05, 4.69) is 12.2 Å². The Hall–Kier alpha value is -1.22. The highest BCUT2D eigenvalue weighted by Gasteiger charge is 2.01. The summed E-state index contributed by atoms with van der Waals surface area (Å²) in [4.78, 5) is 0. The number of hydrogen-bond donors (Lipinski definition) is 1. The van der Waals surface area contributed by atoms with Crippen molar-refractivity contribution in [2.75, 3.05) is 13.1 Å². The van der Waals surface area contributed by atoms with Gasteiger partial charge in [0.25, 0.3) is 0 Å². The van der Waals surface area contributed by atoms with E-state index in [1.165, 1.54) is 6.07 Å². The van der Waals surface area contributed by atoms with Gasteiger partial charge in [-0.2, -0.15) is 0 Å². The molecule has 0 saturated carbocycles. The lowest BCUT2D eigenvalue weighted by atomic mass is 10.1. The number of rotatable bonds is 5. The van der Waals surface area contributed by atoms with E-state index in [0.717, 1.165) is 30.7 Å². The van der Waals surface area contributed by atoms with Crippen molar-refractivity contribution in [3.63, 3.8) is 0 Å². The highest BCUT2D eigenvalue weighted by atomic mass is 19.1. The van der Waals surface area contributed by atoms with E-state index in [4.69, 9.17) is 0 Å². The average Bonchev–Trinajstić information content (AvgIpc) is 2.24. The lowest BCUT2D eigenvalue weighted by molar-refractivity contribution is 0.597. The van der Waals surface area contributed by atoms with Crippen LogP contribution >= 0.6 is 0 Å². The SMILES string of the molecule is CCCNCC(C)=Cc1cc(F)ccc1F. The van der Waals surface area contributed by atoms with Gasteiger partial charge in [0, 0.05) is 12.1 Å². The predicted molar refractivity (Wildman–Crippen MR) is 63.2 cm³/mol. The summed E-state index contributed by atoms with van der Waals surface area (Å²) >= 11 is 0. The molecule has 88 valence electrons. The summed E-state index contributed by atoms with van der Waals surface area (Å²) in [7, 11) is 0. The first-order chi connectivity index (χ1) is 7.63. The monoisotopic (exact) mass is 225 g/mol. The molecule has 0 fully saturated rings. The molecule has 0 saturated heterocycles. The van der Waals surface area contributed by atoms with Crippen molar-refractivity contribution in [3.05, 3.63) is 41.0 Å². The second-order valence-corrected chi connectivity index (χ2v) is 3.83. The minimum Gasteiger partial charge on any atom is -0.313 e. The van der Waals surface area contributed by atoms with Gasteiger partial charge in [0.2, 0.25) is 0 Å². The van der Waals surface area contributed by atoms with Gasteiger partial charge < -0.3 is 5.32 Å². The van der Waals surface area contributed by atoms with Crippen LogP contribution in [0.4, 0.5) is 8.78 Å².